The quantitative estimate of drug-likeness (QED) is 0.622. The van der Waals surface area contributed by atoms with Crippen molar-refractivity contribution in [2.24, 2.45) is 0 Å². The first-order valence-corrected chi connectivity index (χ1v) is 5.83. The Balaban J connectivity index is 2.60. The summed E-state index contributed by atoms with van der Waals surface area (Å²) in [6.45, 7) is 0.890. The molecule has 0 aliphatic rings. The predicted octanol–water partition coefficient (Wildman–Crippen LogP) is 1.11. The van der Waals surface area contributed by atoms with Gasteiger partial charge < -0.3 is 21.3 Å². The molecule has 0 radical (unpaired) electrons. The summed E-state index contributed by atoms with van der Waals surface area (Å²) in [4.78, 5) is 4.11. The molecule has 0 saturated carbocycles. The number of nitrogen functional groups attached to an aromatic ring is 1. The zero-order valence-electron chi connectivity index (χ0n) is 10.5. The lowest BCUT2D eigenvalue weighted by molar-refractivity contribution is 0.147. The van der Waals surface area contributed by atoms with Gasteiger partial charge in [0.1, 0.15) is 0 Å². The molecule has 19 heavy (non-hydrogen) atoms. The van der Waals surface area contributed by atoms with E-state index in [1.807, 2.05) is 0 Å². The maximum absolute atomic E-state index is 14.0. The molecular weight excluding hydrogens is 249 g/mol. The van der Waals surface area contributed by atoms with Gasteiger partial charge in [-0.25, -0.2) is 4.39 Å². The van der Waals surface area contributed by atoms with Gasteiger partial charge in [0.25, 0.3) is 0 Å². The van der Waals surface area contributed by atoms with Crippen molar-refractivity contribution in [1.82, 2.24) is 4.98 Å². The number of fused-ring (bicyclic) bond motifs is 1. The van der Waals surface area contributed by atoms with E-state index in [9.17, 15) is 14.6 Å². The number of anilines is 2. The summed E-state index contributed by atoms with van der Waals surface area (Å²) in [6, 6.07) is 4.64. The lowest BCUT2D eigenvalue weighted by Gasteiger charge is -2.28. The van der Waals surface area contributed by atoms with Crippen molar-refractivity contribution in [2.75, 3.05) is 24.3 Å². The summed E-state index contributed by atoms with van der Waals surface area (Å²) in [7, 11) is 0. The summed E-state index contributed by atoms with van der Waals surface area (Å²) < 4.78 is 14.0. The zero-order valence-corrected chi connectivity index (χ0v) is 10.5. The van der Waals surface area contributed by atoms with Crippen molar-refractivity contribution >= 4 is 22.3 Å². The Bertz CT molecular complexity index is 600. The normalized spacial score (nSPS) is 11.8. The molecule has 0 bridgehead atoms. The molecule has 0 unspecified atom stereocenters. The molecule has 0 aliphatic heterocycles. The van der Waals surface area contributed by atoms with E-state index in [1.165, 1.54) is 12.3 Å². The lowest BCUT2D eigenvalue weighted by atomic mass is 10.0. The summed E-state index contributed by atoms with van der Waals surface area (Å²) in [6.07, 6.45) is 1.53. The SMILES string of the molecule is CC(CO)(CO)Nc1c(F)cc(N)c2cccnc12. The minimum absolute atomic E-state index is 0.121. The molecular formula is C13H16FN3O2. The third kappa shape index (κ3) is 2.45. The molecule has 0 spiro atoms. The highest BCUT2D eigenvalue weighted by molar-refractivity contribution is 5.98. The number of aromatic nitrogens is 1. The van der Waals surface area contributed by atoms with Gasteiger partial charge in [-0.05, 0) is 25.1 Å². The first-order chi connectivity index (χ1) is 9.00. The van der Waals surface area contributed by atoms with Crippen molar-refractivity contribution in [3.05, 3.63) is 30.2 Å². The molecule has 5 nitrogen and oxygen atoms in total. The van der Waals surface area contributed by atoms with Gasteiger partial charge in [0.15, 0.2) is 5.82 Å². The van der Waals surface area contributed by atoms with Crippen LogP contribution in [0.5, 0.6) is 0 Å². The van der Waals surface area contributed by atoms with Gasteiger partial charge in [0.05, 0.1) is 30.0 Å². The maximum atomic E-state index is 14.0. The van der Waals surface area contributed by atoms with E-state index >= 15 is 0 Å². The van der Waals surface area contributed by atoms with Crippen LogP contribution in [0.15, 0.2) is 24.4 Å². The fraction of sp³-hybridized carbons (Fsp3) is 0.308. The van der Waals surface area contributed by atoms with E-state index in [0.717, 1.165) is 0 Å². The average molecular weight is 265 g/mol. The molecule has 1 aromatic carbocycles. The second-order valence-electron chi connectivity index (χ2n) is 4.72. The van der Waals surface area contributed by atoms with Crippen molar-refractivity contribution in [3.63, 3.8) is 0 Å². The fourth-order valence-electron chi connectivity index (χ4n) is 1.79. The number of rotatable bonds is 4. The van der Waals surface area contributed by atoms with Crippen LogP contribution in [0.3, 0.4) is 0 Å². The third-order valence-corrected chi connectivity index (χ3v) is 3.00. The largest absolute Gasteiger partial charge is 0.398 e. The minimum atomic E-state index is -1.04. The fourth-order valence-corrected chi connectivity index (χ4v) is 1.79. The minimum Gasteiger partial charge on any atom is -0.398 e. The van der Waals surface area contributed by atoms with Crippen LogP contribution in [0.1, 0.15) is 6.92 Å². The second-order valence-corrected chi connectivity index (χ2v) is 4.72. The van der Waals surface area contributed by atoms with Crippen LogP contribution in [0.2, 0.25) is 0 Å². The predicted molar refractivity (Wildman–Crippen MR) is 72.3 cm³/mol. The average Bonchev–Trinajstić information content (AvgIpc) is 2.43. The Hall–Kier alpha value is -1.92. The van der Waals surface area contributed by atoms with Gasteiger partial charge in [-0.15, -0.1) is 0 Å². The number of hydrogen-bond donors (Lipinski definition) is 4. The zero-order chi connectivity index (χ0) is 14.0. The van der Waals surface area contributed by atoms with E-state index in [0.29, 0.717) is 16.6 Å². The van der Waals surface area contributed by atoms with Gasteiger partial charge >= 0.3 is 0 Å². The monoisotopic (exact) mass is 265 g/mol. The molecule has 0 saturated heterocycles. The van der Waals surface area contributed by atoms with Crippen LogP contribution >= 0.6 is 0 Å². The highest BCUT2D eigenvalue weighted by Crippen LogP contribution is 2.31. The van der Waals surface area contributed by atoms with Crippen molar-refractivity contribution in [1.29, 1.82) is 0 Å². The first-order valence-electron chi connectivity index (χ1n) is 5.83. The Morgan fingerprint density at radius 1 is 1.42 bits per heavy atom. The smallest absolute Gasteiger partial charge is 0.150 e. The van der Waals surface area contributed by atoms with E-state index in [-0.39, 0.29) is 18.9 Å². The van der Waals surface area contributed by atoms with E-state index in [1.54, 1.807) is 19.1 Å². The number of pyridine rings is 1. The molecule has 0 fully saturated rings. The van der Waals surface area contributed by atoms with E-state index in [2.05, 4.69) is 10.3 Å². The number of halogens is 1. The van der Waals surface area contributed by atoms with Gasteiger partial charge in [-0.1, -0.05) is 0 Å². The number of benzene rings is 1. The molecule has 0 amide bonds. The van der Waals surface area contributed by atoms with Crippen LogP contribution < -0.4 is 11.1 Å². The van der Waals surface area contributed by atoms with Crippen LogP contribution in [0.25, 0.3) is 10.9 Å². The van der Waals surface area contributed by atoms with E-state index < -0.39 is 11.4 Å². The van der Waals surface area contributed by atoms with Gasteiger partial charge in [0.2, 0.25) is 0 Å². The van der Waals surface area contributed by atoms with Crippen molar-refractivity contribution in [2.45, 2.75) is 12.5 Å². The maximum Gasteiger partial charge on any atom is 0.150 e. The third-order valence-electron chi connectivity index (χ3n) is 3.00. The van der Waals surface area contributed by atoms with Crippen LogP contribution in [0.4, 0.5) is 15.8 Å². The molecule has 2 aromatic rings. The van der Waals surface area contributed by atoms with Crippen LogP contribution in [0, 0.1) is 5.82 Å². The number of hydrogen-bond acceptors (Lipinski definition) is 5. The highest BCUT2D eigenvalue weighted by atomic mass is 19.1. The molecule has 0 aliphatic carbocycles. The Morgan fingerprint density at radius 2 is 2.11 bits per heavy atom. The Morgan fingerprint density at radius 3 is 2.74 bits per heavy atom. The number of nitrogens with two attached hydrogens (primary N) is 1. The number of aliphatic hydroxyl groups is 2. The second kappa shape index (κ2) is 4.99. The highest BCUT2D eigenvalue weighted by Gasteiger charge is 2.25. The lowest BCUT2D eigenvalue weighted by Crippen LogP contribution is -2.42. The summed E-state index contributed by atoms with van der Waals surface area (Å²) in [5.41, 5.74) is 5.49. The van der Waals surface area contributed by atoms with Crippen LogP contribution in [-0.4, -0.2) is 33.9 Å². The molecule has 1 aromatic heterocycles. The van der Waals surface area contributed by atoms with E-state index in [4.69, 9.17) is 5.73 Å². The molecule has 6 heteroatoms. The van der Waals surface area contributed by atoms with Crippen molar-refractivity contribution in [3.8, 4) is 0 Å². The van der Waals surface area contributed by atoms with Crippen molar-refractivity contribution < 1.29 is 14.6 Å². The summed E-state index contributed by atoms with van der Waals surface area (Å²) >= 11 is 0. The molecule has 1 heterocycles. The standard InChI is InChI=1S/C13H16FN3O2/c1-13(6-18,7-19)17-12-9(14)5-10(15)8-3-2-4-16-11(8)12/h2-5,17-19H,6-7,15H2,1H3. The number of nitrogens with zero attached hydrogens (tertiary/aromatic N) is 1. The molecule has 102 valence electrons. The number of nitrogens with one attached hydrogen (secondary N) is 1. The van der Waals surface area contributed by atoms with Gasteiger partial charge in [0, 0.05) is 17.3 Å². The molecule has 5 N–H and O–H groups in total. The first kappa shape index (κ1) is 13.5. The van der Waals surface area contributed by atoms with Crippen LogP contribution in [-0.2, 0) is 0 Å². The Kier molecular flexibility index (Phi) is 3.55. The van der Waals surface area contributed by atoms with Gasteiger partial charge in [-0.2, -0.15) is 0 Å². The number of aliphatic hydroxyl groups excluding tert-OH is 2. The summed E-state index contributed by atoms with van der Waals surface area (Å²) in [5, 5.41) is 22.0. The topological polar surface area (TPSA) is 91.4 Å². The summed E-state index contributed by atoms with van der Waals surface area (Å²) in [5.74, 6) is -0.572. The molecule has 2 rings (SSSR count). The molecule has 0 atom stereocenters. The van der Waals surface area contributed by atoms with Gasteiger partial charge in [-0.3, -0.25) is 4.98 Å². The Labute approximate surface area is 109 Å².